The van der Waals surface area contributed by atoms with Gasteiger partial charge in [0.15, 0.2) is 0 Å². The Balaban J connectivity index is 1.66. The molecule has 25 heavy (non-hydrogen) atoms. The van der Waals surface area contributed by atoms with E-state index in [2.05, 4.69) is 36.0 Å². The maximum atomic E-state index is 4.63. The number of hydrogen-bond acceptors (Lipinski definition) is 4. The molecule has 0 saturated heterocycles. The number of hydrogen-bond donors (Lipinski definition) is 0. The molecule has 0 aromatic rings. The Bertz CT molecular complexity index is 1080. The molecule has 5 aliphatic heterocycles. The molecule has 5 heteroatoms. The first kappa shape index (κ1) is 14.5. The van der Waals surface area contributed by atoms with E-state index < -0.39 is 0 Å². The van der Waals surface area contributed by atoms with Gasteiger partial charge in [-0.15, -0.1) is 0 Å². The van der Waals surface area contributed by atoms with Crippen LogP contribution in [0.1, 0.15) is 0 Å². The summed E-state index contributed by atoms with van der Waals surface area (Å²) in [6.45, 7) is 0. The summed E-state index contributed by atoms with van der Waals surface area (Å²) in [6, 6.07) is 0. The van der Waals surface area contributed by atoms with Crippen molar-refractivity contribution in [1.82, 2.24) is 0 Å². The Kier molecular flexibility index (Phi) is 3.23. The van der Waals surface area contributed by atoms with Crippen LogP contribution in [-0.4, -0.2) is 22.8 Å². The Labute approximate surface area is 153 Å². The summed E-state index contributed by atoms with van der Waals surface area (Å²) < 4.78 is 0.879. The third-order valence-corrected chi connectivity index (χ3v) is 4.42. The number of fused-ring (bicyclic) bond motifs is 4. The predicted octanol–water partition coefficient (Wildman–Crippen LogP) is 3.45. The van der Waals surface area contributed by atoms with Gasteiger partial charge in [0, 0.05) is 0 Å². The second kappa shape index (κ2) is 5.59. The van der Waals surface area contributed by atoms with Gasteiger partial charge in [-0.3, -0.25) is 0 Å². The van der Waals surface area contributed by atoms with Crippen LogP contribution in [0, 0.1) is 0 Å². The number of rotatable bonds is 0. The molecule has 5 heterocycles. The standard InChI is InChI=1S/C20H11N4.Fe/c1-2-14-10-16-5-6-18(23-16)12-20-8-7-19(24-20)11-17-4-3-15(22-17)9-13(1)21-14;/h1-7,9-12H;. The maximum absolute atomic E-state index is 4.63. The van der Waals surface area contributed by atoms with Gasteiger partial charge in [-0.1, -0.05) is 0 Å². The summed E-state index contributed by atoms with van der Waals surface area (Å²) >= 11 is 4.08. The minimum absolute atomic E-state index is 0.829. The Morgan fingerprint density at radius 1 is 0.480 bits per heavy atom. The van der Waals surface area contributed by atoms with Crippen LogP contribution in [0.15, 0.2) is 114 Å². The molecule has 0 saturated carbocycles. The fourth-order valence-electron chi connectivity index (χ4n) is 2.86. The van der Waals surface area contributed by atoms with Gasteiger partial charge in [0.05, 0.1) is 0 Å². The van der Waals surface area contributed by atoms with Crippen LogP contribution in [0.3, 0.4) is 0 Å². The van der Waals surface area contributed by atoms with Gasteiger partial charge in [-0.05, 0) is 0 Å². The van der Waals surface area contributed by atoms with Crippen LogP contribution in [0.25, 0.3) is 0 Å². The molecule has 0 aromatic heterocycles. The normalized spacial score (nSPS) is 22.7. The first-order valence-electron chi connectivity index (χ1n) is 7.83. The monoisotopic (exact) mass is 363 g/mol. The fourth-order valence-corrected chi connectivity index (χ4v) is 3.16. The molecule has 0 atom stereocenters. The van der Waals surface area contributed by atoms with Crippen LogP contribution in [0.5, 0.6) is 0 Å². The van der Waals surface area contributed by atoms with E-state index in [1.54, 1.807) is 0 Å². The van der Waals surface area contributed by atoms with Gasteiger partial charge in [0.2, 0.25) is 0 Å². The first-order valence-corrected chi connectivity index (χ1v) is 8.39. The van der Waals surface area contributed by atoms with Gasteiger partial charge < -0.3 is 0 Å². The SMILES string of the molecule is [Fe][C]1=CC2=CC3=NC(=CC4=NC(=CC5=NC(=CC1=N2)C=C5)C=C4)C=C3. The Hall–Kier alpha value is -2.88. The van der Waals surface area contributed by atoms with E-state index in [9.17, 15) is 0 Å². The zero-order valence-corrected chi connectivity index (χ0v) is 14.1. The molecule has 5 rings (SSSR count). The van der Waals surface area contributed by atoms with Crippen molar-refractivity contribution in [2.75, 3.05) is 0 Å². The molecule has 0 radical (unpaired) electrons. The van der Waals surface area contributed by atoms with Gasteiger partial charge in [0.1, 0.15) is 0 Å². The van der Waals surface area contributed by atoms with Crippen molar-refractivity contribution < 1.29 is 16.0 Å². The van der Waals surface area contributed by atoms with Crippen molar-refractivity contribution in [3.8, 4) is 0 Å². The molecule has 0 aromatic carbocycles. The molecule has 119 valence electrons. The second-order valence-corrected chi connectivity index (χ2v) is 6.46. The third-order valence-electron chi connectivity index (χ3n) is 3.98. The number of allylic oxidation sites excluding steroid dienone is 12. The van der Waals surface area contributed by atoms with E-state index >= 15 is 0 Å². The van der Waals surface area contributed by atoms with Crippen molar-refractivity contribution in [2.24, 2.45) is 20.0 Å². The molecular formula is C20H11FeN4. The first-order chi connectivity index (χ1) is 12.2. The van der Waals surface area contributed by atoms with Crippen molar-refractivity contribution in [1.29, 1.82) is 0 Å². The Morgan fingerprint density at radius 3 is 1.52 bits per heavy atom. The summed E-state index contributed by atoms with van der Waals surface area (Å²) in [7, 11) is 0. The molecule has 0 amide bonds. The van der Waals surface area contributed by atoms with Crippen LogP contribution >= 0.6 is 0 Å². The summed E-state index contributed by atoms with van der Waals surface area (Å²) in [5, 5.41) is 0. The van der Waals surface area contributed by atoms with E-state index in [0.717, 1.165) is 50.1 Å². The average Bonchev–Trinajstić information content (AvgIpc) is 3.33. The van der Waals surface area contributed by atoms with Crippen LogP contribution < -0.4 is 0 Å². The van der Waals surface area contributed by atoms with Crippen LogP contribution in [-0.2, 0) is 16.0 Å². The molecule has 5 aliphatic rings. The summed E-state index contributed by atoms with van der Waals surface area (Å²) in [5.74, 6) is 0. The van der Waals surface area contributed by atoms with Gasteiger partial charge in [-0.25, -0.2) is 0 Å². The number of aliphatic imine (C=N–C) groups is 4. The molecule has 0 aliphatic carbocycles. The van der Waals surface area contributed by atoms with Gasteiger partial charge in [-0.2, -0.15) is 0 Å². The van der Waals surface area contributed by atoms with E-state index in [0.29, 0.717) is 0 Å². The predicted molar refractivity (Wildman–Crippen MR) is 97.6 cm³/mol. The minimum atomic E-state index is 0.829. The van der Waals surface area contributed by atoms with Crippen molar-refractivity contribution in [3.63, 3.8) is 0 Å². The molecule has 0 spiro atoms. The van der Waals surface area contributed by atoms with E-state index in [4.69, 9.17) is 0 Å². The topological polar surface area (TPSA) is 49.4 Å². The van der Waals surface area contributed by atoms with Crippen molar-refractivity contribution in [3.05, 3.63) is 94.1 Å². The quantitative estimate of drug-likeness (QED) is 0.592. The fraction of sp³-hybridized carbons (Fsp3) is 0. The third kappa shape index (κ3) is 2.84. The molecule has 8 bridgehead atoms. The Morgan fingerprint density at radius 2 is 0.960 bits per heavy atom. The second-order valence-electron chi connectivity index (χ2n) is 5.86. The molecular weight excluding hydrogens is 352 g/mol. The molecule has 0 fully saturated rings. The van der Waals surface area contributed by atoms with E-state index in [-0.39, 0.29) is 0 Å². The van der Waals surface area contributed by atoms with Gasteiger partial charge >= 0.3 is 153 Å². The summed E-state index contributed by atoms with van der Waals surface area (Å²) in [5.41, 5.74) is 6.93. The molecule has 0 unspecified atom stereocenters. The van der Waals surface area contributed by atoms with Crippen molar-refractivity contribution >= 4 is 22.8 Å². The van der Waals surface area contributed by atoms with E-state index in [1.165, 1.54) is 0 Å². The zero-order chi connectivity index (χ0) is 16.8. The van der Waals surface area contributed by atoms with Crippen LogP contribution in [0.2, 0.25) is 0 Å². The van der Waals surface area contributed by atoms with Crippen molar-refractivity contribution in [2.45, 2.75) is 0 Å². The average molecular weight is 363 g/mol. The molecule has 0 N–H and O–H groups in total. The summed E-state index contributed by atoms with van der Waals surface area (Å²) in [4.78, 5) is 18.4. The zero-order valence-electron chi connectivity index (χ0n) is 13.0. The van der Waals surface area contributed by atoms with E-state index in [1.807, 2.05) is 66.8 Å². The van der Waals surface area contributed by atoms with Gasteiger partial charge in [0.25, 0.3) is 0 Å². The number of nitrogens with zero attached hydrogens (tertiary/aromatic N) is 4. The summed E-state index contributed by atoms with van der Waals surface area (Å²) in [6.07, 6.45) is 21.7. The van der Waals surface area contributed by atoms with Crippen LogP contribution in [0.4, 0.5) is 0 Å². The molecule has 4 nitrogen and oxygen atoms in total.